The summed E-state index contributed by atoms with van der Waals surface area (Å²) in [5.74, 6) is -1.81. The second-order valence-electron chi connectivity index (χ2n) is 7.18. The van der Waals surface area contributed by atoms with Crippen molar-refractivity contribution in [2.24, 2.45) is 5.92 Å². The van der Waals surface area contributed by atoms with Crippen LogP contribution < -0.4 is 10.6 Å². The van der Waals surface area contributed by atoms with Gasteiger partial charge in [0.1, 0.15) is 18.7 Å². The van der Waals surface area contributed by atoms with Crippen LogP contribution in [0.4, 0.5) is 4.79 Å². The average molecular weight is 392 g/mol. The molecule has 0 aromatic heterocycles. The highest BCUT2D eigenvalue weighted by molar-refractivity contribution is 5.89. The van der Waals surface area contributed by atoms with Gasteiger partial charge in [0.25, 0.3) is 0 Å². The summed E-state index contributed by atoms with van der Waals surface area (Å²) >= 11 is 0. The van der Waals surface area contributed by atoms with Crippen LogP contribution in [0.15, 0.2) is 30.3 Å². The Morgan fingerprint density at radius 1 is 1.04 bits per heavy atom. The van der Waals surface area contributed by atoms with Crippen LogP contribution in [-0.4, -0.2) is 35.2 Å². The van der Waals surface area contributed by atoms with Crippen molar-refractivity contribution in [2.75, 3.05) is 0 Å². The second kappa shape index (κ2) is 12.8. The van der Waals surface area contributed by atoms with E-state index in [1.807, 2.05) is 30.3 Å². The summed E-state index contributed by atoms with van der Waals surface area (Å²) in [5.41, 5.74) is 0.834. The van der Waals surface area contributed by atoms with Gasteiger partial charge in [-0.25, -0.2) is 9.59 Å². The van der Waals surface area contributed by atoms with Crippen LogP contribution in [0.2, 0.25) is 0 Å². The number of carbonyl (C=O) groups excluding carboxylic acids is 2. The smallest absolute Gasteiger partial charge is 0.408 e. The van der Waals surface area contributed by atoms with Gasteiger partial charge in [-0.3, -0.25) is 4.79 Å². The van der Waals surface area contributed by atoms with E-state index in [0.717, 1.165) is 31.2 Å². The fourth-order valence-electron chi connectivity index (χ4n) is 2.72. The average Bonchev–Trinajstić information content (AvgIpc) is 2.67. The van der Waals surface area contributed by atoms with E-state index in [2.05, 4.69) is 17.6 Å². The number of carbonyl (C=O) groups is 3. The first-order chi connectivity index (χ1) is 13.3. The third kappa shape index (κ3) is 8.88. The molecule has 1 rings (SSSR count). The van der Waals surface area contributed by atoms with Gasteiger partial charge in [-0.05, 0) is 17.9 Å². The van der Waals surface area contributed by atoms with E-state index in [1.54, 1.807) is 13.8 Å². The van der Waals surface area contributed by atoms with Crippen LogP contribution in [0, 0.1) is 5.92 Å². The molecule has 0 unspecified atom stereocenters. The fourth-order valence-corrected chi connectivity index (χ4v) is 2.72. The number of carboxylic acid groups (broad SMARTS) is 1. The standard InChI is InChI=1S/C21H32N2O5/c1-4-5-6-10-13-17(20(25)26)22-19(24)18(15(2)3)23-21(27)28-14-16-11-8-7-9-12-16/h7-9,11-12,15,17-18H,4-6,10,13-14H2,1-3H3,(H,22,24)(H,23,27)(H,25,26)/t17-,18+/m1/s1. The molecule has 7 heteroatoms. The molecule has 0 saturated carbocycles. The molecule has 2 amide bonds. The van der Waals surface area contributed by atoms with Gasteiger partial charge >= 0.3 is 12.1 Å². The summed E-state index contributed by atoms with van der Waals surface area (Å²) in [7, 11) is 0. The third-order valence-electron chi connectivity index (χ3n) is 4.40. The van der Waals surface area contributed by atoms with Crippen molar-refractivity contribution in [1.29, 1.82) is 0 Å². The summed E-state index contributed by atoms with van der Waals surface area (Å²) in [6.45, 7) is 5.72. The van der Waals surface area contributed by atoms with Crippen LogP contribution in [0.1, 0.15) is 58.4 Å². The predicted octanol–water partition coefficient (Wildman–Crippen LogP) is 3.48. The number of carboxylic acids is 1. The highest BCUT2D eigenvalue weighted by Gasteiger charge is 2.28. The molecule has 0 spiro atoms. The minimum atomic E-state index is -1.07. The molecule has 3 N–H and O–H groups in total. The maximum absolute atomic E-state index is 12.6. The lowest BCUT2D eigenvalue weighted by Gasteiger charge is -2.23. The van der Waals surface area contributed by atoms with E-state index in [-0.39, 0.29) is 12.5 Å². The lowest BCUT2D eigenvalue weighted by atomic mass is 10.0. The molecule has 0 bridgehead atoms. The van der Waals surface area contributed by atoms with E-state index in [9.17, 15) is 19.5 Å². The lowest BCUT2D eigenvalue weighted by Crippen LogP contribution is -2.53. The molecule has 0 aliphatic rings. The molecule has 0 heterocycles. The molecule has 28 heavy (non-hydrogen) atoms. The molecule has 7 nitrogen and oxygen atoms in total. The molecular formula is C21H32N2O5. The van der Waals surface area contributed by atoms with Crippen LogP contribution in [0.25, 0.3) is 0 Å². The molecule has 1 aromatic carbocycles. The van der Waals surface area contributed by atoms with Crippen molar-refractivity contribution in [3.05, 3.63) is 35.9 Å². The van der Waals surface area contributed by atoms with Gasteiger partial charge in [-0.15, -0.1) is 0 Å². The van der Waals surface area contributed by atoms with Crippen molar-refractivity contribution >= 4 is 18.0 Å². The van der Waals surface area contributed by atoms with Gasteiger partial charge in [0.2, 0.25) is 5.91 Å². The van der Waals surface area contributed by atoms with E-state index in [0.29, 0.717) is 6.42 Å². The van der Waals surface area contributed by atoms with Crippen molar-refractivity contribution in [3.63, 3.8) is 0 Å². The number of ether oxygens (including phenoxy) is 1. The first-order valence-electron chi connectivity index (χ1n) is 9.85. The largest absolute Gasteiger partial charge is 0.480 e. The zero-order valence-corrected chi connectivity index (χ0v) is 16.9. The van der Waals surface area contributed by atoms with Crippen LogP contribution >= 0.6 is 0 Å². The Bertz CT molecular complexity index is 618. The Morgan fingerprint density at radius 3 is 2.29 bits per heavy atom. The maximum Gasteiger partial charge on any atom is 0.408 e. The topological polar surface area (TPSA) is 105 Å². The lowest BCUT2D eigenvalue weighted by molar-refractivity contribution is -0.142. The minimum Gasteiger partial charge on any atom is -0.480 e. The number of nitrogens with one attached hydrogen (secondary N) is 2. The zero-order chi connectivity index (χ0) is 20.9. The molecule has 1 aromatic rings. The SMILES string of the molecule is CCCCCC[C@@H](NC(=O)[C@@H](NC(=O)OCc1ccccc1)C(C)C)C(=O)O. The summed E-state index contributed by atoms with van der Waals surface area (Å²) < 4.78 is 5.16. The second-order valence-corrected chi connectivity index (χ2v) is 7.18. The van der Waals surface area contributed by atoms with Gasteiger partial charge in [0.05, 0.1) is 0 Å². The molecule has 0 aliphatic carbocycles. The number of hydrogen-bond acceptors (Lipinski definition) is 4. The molecule has 0 radical (unpaired) electrons. The van der Waals surface area contributed by atoms with Crippen molar-refractivity contribution in [3.8, 4) is 0 Å². The normalized spacial score (nSPS) is 12.9. The Kier molecular flexibility index (Phi) is 10.7. The van der Waals surface area contributed by atoms with E-state index < -0.39 is 30.1 Å². The quantitative estimate of drug-likeness (QED) is 0.472. The van der Waals surface area contributed by atoms with Gasteiger partial charge < -0.3 is 20.5 Å². The number of rotatable bonds is 12. The van der Waals surface area contributed by atoms with Crippen molar-refractivity contribution in [1.82, 2.24) is 10.6 Å². The molecule has 0 saturated heterocycles. The molecule has 156 valence electrons. The van der Waals surface area contributed by atoms with Gasteiger partial charge in [0, 0.05) is 0 Å². The molecule has 2 atom stereocenters. The van der Waals surface area contributed by atoms with Crippen LogP contribution in [0.5, 0.6) is 0 Å². The molecule has 0 fully saturated rings. The fraction of sp³-hybridized carbons (Fsp3) is 0.571. The molecular weight excluding hydrogens is 360 g/mol. The number of aliphatic carboxylic acids is 1. The number of alkyl carbamates (subject to hydrolysis) is 1. The number of benzene rings is 1. The number of hydrogen-bond donors (Lipinski definition) is 3. The summed E-state index contributed by atoms with van der Waals surface area (Å²) in [6, 6.07) is 7.37. The van der Waals surface area contributed by atoms with E-state index in [4.69, 9.17) is 4.74 Å². The number of amides is 2. The molecule has 0 aliphatic heterocycles. The van der Waals surface area contributed by atoms with Gasteiger partial charge in [-0.1, -0.05) is 76.8 Å². The van der Waals surface area contributed by atoms with Gasteiger partial charge in [-0.2, -0.15) is 0 Å². The van der Waals surface area contributed by atoms with Crippen LogP contribution in [-0.2, 0) is 20.9 Å². The number of unbranched alkanes of at least 4 members (excludes halogenated alkanes) is 3. The Balaban J connectivity index is 2.58. The van der Waals surface area contributed by atoms with Crippen molar-refractivity contribution < 1.29 is 24.2 Å². The summed E-state index contributed by atoms with van der Waals surface area (Å²) in [6.07, 6.45) is 3.38. The Labute approximate surface area is 166 Å². The monoisotopic (exact) mass is 392 g/mol. The van der Waals surface area contributed by atoms with E-state index in [1.165, 1.54) is 0 Å². The third-order valence-corrected chi connectivity index (χ3v) is 4.40. The first kappa shape index (κ1) is 23.5. The minimum absolute atomic E-state index is 0.0916. The highest BCUT2D eigenvalue weighted by Crippen LogP contribution is 2.09. The first-order valence-corrected chi connectivity index (χ1v) is 9.85. The van der Waals surface area contributed by atoms with E-state index >= 15 is 0 Å². The summed E-state index contributed by atoms with van der Waals surface area (Å²) in [4.78, 5) is 36.1. The van der Waals surface area contributed by atoms with Gasteiger partial charge in [0.15, 0.2) is 0 Å². The summed E-state index contributed by atoms with van der Waals surface area (Å²) in [5, 5.41) is 14.5. The predicted molar refractivity (Wildman–Crippen MR) is 107 cm³/mol. The highest BCUT2D eigenvalue weighted by atomic mass is 16.5. The zero-order valence-electron chi connectivity index (χ0n) is 16.9. The van der Waals surface area contributed by atoms with Crippen molar-refractivity contribution in [2.45, 2.75) is 71.6 Å². The Hall–Kier alpha value is -2.57. The van der Waals surface area contributed by atoms with Crippen LogP contribution in [0.3, 0.4) is 0 Å². The Morgan fingerprint density at radius 2 is 1.71 bits per heavy atom. The maximum atomic E-state index is 12.6.